The maximum atomic E-state index is 2.51. The van der Waals surface area contributed by atoms with Crippen LogP contribution < -0.4 is 0 Å². The van der Waals surface area contributed by atoms with Gasteiger partial charge >= 0.3 is 0 Å². The van der Waals surface area contributed by atoms with Gasteiger partial charge in [-0.05, 0) is 49.6 Å². The van der Waals surface area contributed by atoms with Gasteiger partial charge in [-0.25, -0.2) is 0 Å². The van der Waals surface area contributed by atoms with E-state index in [1.54, 1.807) is 19.3 Å². The van der Waals surface area contributed by atoms with Crippen molar-refractivity contribution in [3.63, 3.8) is 0 Å². The average molecular weight is 198 g/mol. The monoisotopic (exact) mass is 198 g/mol. The van der Waals surface area contributed by atoms with Crippen molar-refractivity contribution in [3.05, 3.63) is 0 Å². The predicted octanol–water partition coefficient (Wildman–Crippen LogP) is 3.94. The summed E-state index contributed by atoms with van der Waals surface area (Å²) >= 11 is 0. The van der Waals surface area contributed by atoms with Crippen molar-refractivity contribution in [1.29, 1.82) is 0 Å². The van der Waals surface area contributed by atoms with Crippen molar-refractivity contribution >= 4 is 7.92 Å². The highest BCUT2D eigenvalue weighted by molar-refractivity contribution is 7.56. The van der Waals surface area contributed by atoms with Gasteiger partial charge < -0.3 is 0 Å². The summed E-state index contributed by atoms with van der Waals surface area (Å²) in [5.41, 5.74) is 1.11. The van der Waals surface area contributed by atoms with E-state index >= 15 is 0 Å². The van der Waals surface area contributed by atoms with E-state index in [2.05, 4.69) is 20.3 Å². The Morgan fingerprint density at radius 1 is 1.08 bits per heavy atom. The molecule has 2 aliphatic rings. The summed E-state index contributed by atoms with van der Waals surface area (Å²) in [5, 5.41) is 0. The summed E-state index contributed by atoms with van der Waals surface area (Å²) in [6.45, 7) is 7.49. The summed E-state index contributed by atoms with van der Waals surface area (Å²) in [4.78, 5) is 0. The molecule has 2 aliphatic carbocycles. The van der Waals surface area contributed by atoms with E-state index in [-0.39, 0.29) is 0 Å². The van der Waals surface area contributed by atoms with Gasteiger partial charge in [0.25, 0.3) is 0 Å². The molecule has 0 heterocycles. The Balaban J connectivity index is 2.09. The molecule has 0 aromatic carbocycles. The van der Waals surface area contributed by atoms with Crippen molar-refractivity contribution in [1.82, 2.24) is 0 Å². The molecule has 4 atom stereocenters. The minimum absolute atomic E-state index is 0.315. The highest BCUT2D eigenvalue weighted by Gasteiger charge is 2.42. The molecule has 13 heavy (non-hydrogen) atoms. The maximum absolute atomic E-state index is 2.51. The van der Waals surface area contributed by atoms with Crippen LogP contribution in [-0.4, -0.2) is 19.0 Å². The van der Waals surface area contributed by atoms with Gasteiger partial charge in [-0.3, -0.25) is 0 Å². The van der Waals surface area contributed by atoms with Gasteiger partial charge in [0, 0.05) is 0 Å². The molecule has 0 aromatic heterocycles. The standard InChI is InChI=1S/C12H23P/c1-9-8-10-6-4-5-7-11(10)12(9)13(2)3/h9-12H,4-8H2,1-3H3. The zero-order valence-electron chi connectivity index (χ0n) is 9.29. The smallest absolute Gasteiger partial charge is 0.0157 e. The SMILES string of the molecule is CC1CC2CCCCC2C1P(C)C. The Morgan fingerprint density at radius 3 is 2.46 bits per heavy atom. The molecule has 0 radical (unpaired) electrons. The van der Waals surface area contributed by atoms with Gasteiger partial charge in [-0.1, -0.05) is 26.2 Å². The van der Waals surface area contributed by atoms with E-state index in [4.69, 9.17) is 0 Å². The van der Waals surface area contributed by atoms with Crippen LogP contribution in [0.15, 0.2) is 0 Å². The van der Waals surface area contributed by atoms with Crippen LogP contribution in [0.1, 0.15) is 39.0 Å². The Hall–Kier alpha value is 0.430. The lowest BCUT2D eigenvalue weighted by molar-refractivity contribution is 0.280. The van der Waals surface area contributed by atoms with Crippen LogP contribution in [0.2, 0.25) is 0 Å². The maximum Gasteiger partial charge on any atom is -0.0157 e. The summed E-state index contributed by atoms with van der Waals surface area (Å²) in [5.74, 6) is 3.29. The molecule has 1 heteroatoms. The number of hydrogen-bond donors (Lipinski definition) is 0. The quantitative estimate of drug-likeness (QED) is 0.560. The van der Waals surface area contributed by atoms with E-state index in [1.165, 1.54) is 12.8 Å². The zero-order valence-corrected chi connectivity index (χ0v) is 10.2. The average Bonchev–Trinajstić information content (AvgIpc) is 2.39. The fourth-order valence-corrected chi connectivity index (χ4v) is 6.21. The highest BCUT2D eigenvalue weighted by Crippen LogP contribution is 2.55. The Kier molecular flexibility index (Phi) is 2.98. The fraction of sp³-hybridized carbons (Fsp3) is 1.00. The first-order valence-corrected chi connectivity index (χ1v) is 8.17. The molecule has 0 aliphatic heterocycles. The molecule has 0 N–H and O–H groups in total. The summed E-state index contributed by atoms with van der Waals surface area (Å²) in [7, 11) is 0.315. The number of fused-ring (bicyclic) bond motifs is 1. The second-order valence-electron chi connectivity index (χ2n) is 5.38. The van der Waals surface area contributed by atoms with Gasteiger partial charge in [0.15, 0.2) is 0 Å². The lowest BCUT2D eigenvalue weighted by atomic mass is 9.82. The van der Waals surface area contributed by atoms with Gasteiger partial charge in [-0.2, -0.15) is 0 Å². The Bertz CT molecular complexity index is 176. The Labute approximate surface area is 84.2 Å². The van der Waals surface area contributed by atoms with Crippen LogP contribution in [-0.2, 0) is 0 Å². The largest absolute Gasteiger partial charge is 0.109 e. The summed E-state index contributed by atoms with van der Waals surface area (Å²) < 4.78 is 0. The van der Waals surface area contributed by atoms with Crippen LogP contribution in [0.25, 0.3) is 0 Å². The van der Waals surface area contributed by atoms with E-state index in [0.717, 1.165) is 23.4 Å². The van der Waals surface area contributed by atoms with E-state index in [0.29, 0.717) is 7.92 Å². The molecule has 76 valence electrons. The zero-order chi connectivity index (χ0) is 9.42. The molecular formula is C12H23P. The van der Waals surface area contributed by atoms with E-state index < -0.39 is 0 Å². The number of rotatable bonds is 1. The van der Waals surface area contributed by atoms with Crippen LogP contribution in [0, 0.1) is 17.8 Å². The summed E-state index contributed by atoms with van der Waals surface area (Å²) in [6.07, 6.45) is 7.70. The molecule has 2 saturated carbocycles. The molecule has 2 fully saturated rings. The topological polar surface area (TPSA) is 0 Å². The van der Waals surface area contributed by atoms with Crippen molar-refractivity contribution in [2.45, 2.75) is 44.7 Å². The minimum Gasteiger partial charge on any atom is -0.109 e. The summed E-state index contributed by atoms with van der Waals surface area (Å²) in [6, 6.07) is 0. The van der Waals surface area contributed by atoms with Crippen molar-refractivity contribution < 1.29 is 0 Å². The normalized spacial score (nSPS) is 45.2. The van der Waals surface area contributed by atoms with Crippen LogP contribution in [0.5, 0.6) is 0 Å². The first kappa shape index (κ1) is 9.97. The van der Waals surface area contributed by atoms with E-state index in [1.807, 2.05) is 0 Å². The van der Waals surface area contributed by atoms with Crippen molar-refractivity contribution in [3.8, 4) is 0 Å². The van der Waals surface area contributed by atoms with E-state index in [9.17, 15) is 0 Å². The molecular weight excluding hydrogens is 175 g/mol. The predicted molar refractivity (Wildman–Crippen MR) is 61.8 cm³/mol. The third-order valence-corrected chi connectivity index (χ3v) is 6.34. The van der Waals surface area contributed by atoms with Gasteiger partial charge in [0.1, 0.15) is 0 Å². The molecule has 4 unspecified atom stereocenters. The van der Waals surface area contributed by atoms with Crippen molar-refractivity contribution in [2.24, 2.45) is 17.8 Å². The minimum atomic E-state index is 0.315. The van der Waals surface area contributed by atoms with Crippen LogP contribution in [0.4, 0.5) is 0 Å². The molecule has 2 rings (SSSR count). The Morgan fingerprint density at radius 2 is 1.77 bits per heavy atom. The van der Waals surface area contributed by atoms with Crippen molar-refractivity contribution in [2.75, 3.05) is 13.3 Å². The molecule has 0 aromatic rings. The van der Waals surface area contributed by atoms with Crippen LogP contribution in [0.3, 0.4) is 0 Å². The molecule has 0 spiro atoms. The number of hydrogen-bond acceptors (Lipinski definition) is 0. The molecule has 0 saturated heterocycles. The molecule has 0 amide bonds. The first-order valence-electron chi connectivity index (χ1n) is 5.86. The van der Waals surface area contributed by atoms with Gasteiger partial charge in [0.05, 0.1) is 0 Å². The lowest BCUT2D eigenvalue weighted by Crippen LogP contribution is -2.23. The molecule has 0 nitrogen and oxygen atoms in total. The third-order valence-electron chi connectivity index (χ3n) is 4.26. The second kappa shape index (κ2) is 3.89. The highest BCUT2D eigenvalue weighted by atomic mass is 31.1. The van der Waals surface area contributed by atoms with Gasteiger partial charge in [-0.15, -0.1) is 7.92 Å². The van der Waals surface area contributed by atoms with Gasteiger partial charge in [0.2, 0.25) is 0 Å². The first-order chi connectivity index (χ1) is 6.20. The third kappa shape index (κ3) is 1.80. The van der Waals surface area contributed by atoms with Crippen LogP contribution >= 0.6 is 7.92 Å². The second-order valence-corrected chi connectivity index (χ2v) is 7.90. The lowest BCUT2D eigenvalue weighted by Gasteiger charge is -2.32. The fourth-order valence-electron chi connectivity index (χ4n) is 3.91. The molecule has 0 bridgehead atoms.